The minimum absolute atomic E-state index is 0.0503. The molecule has 0 aliphatic carbocycles. The second-order valence-electron chi connectivity index (χ2n) is 6.24. The fourth-order valence-electron chi connectivity index (χ4n) is 3.33. The number of aromatic nitrogens is 4. The second kappa shape index (κ2) is 6.09. The highest BCUT2D eigenvalue weighted by Crippen LogP contribution is 2.27. The maximum Gasteiger partial charge on any atom is 0.225 e. The highest BCUT2D eigenvalue weighted by Gasteiger charge is 2.34. The molecule has 1 aliphatic rings. The van der Waals surface area contributed by atoms with Crippen molar-refractivity contribution >= 4 is 16.9 Å². The van der Waals surface area contributed by atoms with Crippen LogP contribution >= 0.6 is 0 Å². The summed E-state index contributed by atoms with van der Waals surface area (Å²) in [6.07, 6.45) is 3.83. The lowest BCUT2D eigenvalue weighted by Crippen LogP contribution is -2.34. The highest BCUT2D eigenvalue weighted by molar-refractivity contribution is 5.80. The summed E-state index contributed by atoms with van der Waals surface area (Å²) in [5.41, 5.74) is 3.00. The molecule has 0 unspecified atom stereocenters. The highest BCUT2D eigenvalue weighted by atomic mass is 16.1. The van der Waals surface area contributed by atoms with E-state index in [0.29, 0.717) is 13.1 Å². The molecule has 1 fully saturated rings. The van der Waals surface area contributed by atoms with E-state index >= 15 is 0 Å². The van der Waals surface area contributed by atoms with Crippen LogP contribution in [0, 0.1) is 5.92 Å². The van der Waals surface area contributed by atoms with Crippen molar-refractivity contribution in [2.24, 2.45) is 13.0 Å². The first kappa shape index (κ1) is 14.9. The van der Waals surface area contributed by atoms with E-state index in [1.54, 1.807) is 4.68 Å². The maximum absolute atomic E-state index is 12.6. The zero-order chi connectivity index (χ0) is 16.5. The Morgan fingerprint density at radius 3 is 3.04 bits per heavy atom. The third-order valence-electron chi connectivity index (χ3n) is 4.57. The van der Waals surface area contributed by atoms with Gasteiger partial charge in [0.1, 0.15) is 5.82 Å². The standard InChI is InChI=1S/C17H20N6O/c1-23-10-11(6-20-23)12-7-18-8-13(12)17(24)19-9-16-21-14-4-2-3-5-15(14)22-16/h2-6,10,12-13,18H,7-9H2,1H3,(H,19,24)(H,21,22)/t12-,13+/m1/s1. The van der Waals surface area contributed by atoms with Crippen LogP contribution in [0.25, 0.3) is 11.0 Å². The largest absolute Gasteiger partial charge is 0.349 e. The molecule has 3 aromatic rings. The molecule has 1 amide bonds. The zero-order valence-electron chi connectivity index (χ0n) is 13.5. The van der Waals surface area contributed by atoms with Crippen molar-refractivity contribution in [1.29, 1.82) is 0 Å². The summed E-state index contributed by atoms with van der Waals surface area (Å²) >= 11 is 0. The van der Waals surface area contributed by atoms with Gasteiger partial charge in [-0.3, -0.25) is 9.48 Å². The molecule has 1 aliphatic heterocycles. The number of benzene rings is 1. The van der Waals surface area contributed by atoms with Gasteiger partial charge in [-0.05, 0) is 17.7 Å². The number of carbonyl (C=O) groups is 1. The third kappa shape index (κ3) is 2.78. The molecular formula is C17H20N6O. The summed E-state index contributed by atoms with van der Waals surface area (Å²) in [4.78, 5) is 20.3. The SMILES string of the molecule is Cn1cc([C@H]2CNC[C@@H]2C(=O)NCc2nc3ccccc3[nH]2)cn1. The molecule has 2 atom stereocenters. The quantitative estimate of drug-likeness (QED) is 0.666. The molecule has 0 spiro atoms. The summed E-state index contributed by atoms with van der Waals surface area (Å²) in [6, 6.07) is 7.85. The normalized spacial score (nSPS) is 20.5. The van der Waals surface area contributed by atoms with E-state index in [4.69, 9.17) is 0 Å². The van der Waals surface area contributed by atoms with Crippen LogP contribution in [-0.4, -0.2) is 38.7 Å². The van der Waals surface area contributed by atoms with Gasteiger partial charge in [0, 0.05) is 32.3 Å². The first-order valence-corrected chi connectivity index (χ1v) is 8.11. The van der Waals surface area contributed by atoms with Crippen LogP contribution in [0.5, 0.6) is 0 Å². The molecule has 0 radical (unpaired) electrons. The van der Waals surface area contributed by atoms with Crippen LogP contribution in [0.15, 0.2) is 36.7 Å². The Bertz CT molecular complexity index is 834. The Labute approximate surface area is 139 Å². The Balaban J connectivity index is 1.43. The molecule has 3 heterocycles. The molecule has 2 aromatic heterocycles. The van der Waals surface area contributed by atoms with Crippen LogP contribution in [0.1, 0.15) is 17.3 Å². The fraction of sp³-hybridized carbons (Fsp3) is 0.353. The van der Waals surface area contributed by atoms with E-state index in [9.17, 15) is 4.79 Å². The molecular weight excluding hydrogens is 304 g/mol. The van der Waals surface area contributed by atoms with Gasteiger partial charge in [-0.15, -0.1) is 0 Å². The van der Waals surface area contributed by atoms with Gasteiger partial charge < -0.3 is 15.6 Å². The van der Waals surface area contributed by atoms with E-state index in [1.807, 2.05) is 43.7 Å². The van der Waals surface area contributed by atoms with Crippen molar-refractivity contribution in [3.8, 4) is 0 Å². The minimum atomic E-state index is -0.0846. The van der Waals surface area contributed by atoms with Gasteiger partial charge in [0.2, 0.25) is 5.91 Å². The number of aromatic amines is 1. The number of hydrogen-bond donors (Lipinski definition) is 3. The Hall–Kier alpha value is -2.67. The topological polar surface area (TPSA) is 87.6 Å². The third-order valence-corrected chi connectivity index (χ3v) is 4.57. The number of nitrogens with zero attached hydrogens (tertiary/aromatic N) is 3. The lowest BCUT2D eigenvalue weighted by molar-refractivity contribution is -0.125. The van der Waals surface area contributed by atoms with Crippen LogP contribution in [0.3, 0.4) is 0 Å². The summed E-state index contributed by atoms with van der Waals surface area (Å²) in [6.45, 7) is 1.89. The number of carbonyl (C=O) groups excluding carboxylic acids is 1. The fourth-order valence-corrected chi connectivity index (χ4v) is 3.33. The Morgan fingerprint density at radius 2 is 2.25 bits per heavy atom. The van der Waals surface area contributed by atoms with Crippen LogP contribution in [-0.2, 0) is 18.4 Å². The van der Waals surface area contributed by atoms with Gasteiger partial charge in [0.25, 0.3) is 0 Å². The van der Waals surface area contributed by atoms with Gasteiger partial charge in [-0.2, -0.15) is 5.10 Å². The van der Waals surface area contributed by atoms with E-state index in [0.717, 1.165) is 29.0 Å². The van der Waals surface area contributed by atoms with Crippen LogP contribution in [0.4, 0.5) is 0 Å². The predicted octanol–water partition coefficient (Wildman–Crippen LogP) is 0.916. The average Bonchev–Trinajstić information content (AvgIpc) is 3.30. The summed E-state index contributed by atoms with van der Waals surface area (Å²) in [5.74, 6) is 0.899. The number of rotatable bonds is 4. The number of imidazole rings is 1. The molecule has 7 nitrogen and oxygen atoms in total. The first-order valence-electron chi connectivity index (χ1n) is 8.11. The van der Waals surface area contributed by atoms with Crippen LogP contribution in [0.2, 0.25) is 0 Å². The Morgan fingerprint density at radius 1 is 1.38 bits per heavy atom. The van der Waals surface area contributed by atoms with E-state index in [1.165, 1.54) is 0 Å². The predicted molar refractivity (Wildman–Crippen MR) is 90.2 cm³/mol. The molecule has 4 rings (SSSR count). The van der Waals surface area contributed by atoms with Gasteiger partial charge in [-0.1, -0.05) is 12.1 Å². The number of fused-ring (bicyclic) bond motifs is 1. The number of amides is 1. The Kier molecular flexibility index (Phi) is 3.78. The monoisotopic (exact) mass is 324 g/mol. The molecule has 124 valence electrons. The van der Waals surface area contributed by atoms with Crippen molar-refractivity contribution < 1.29 is 4.79 Å². The van der Waals surface area contributed by atoms with Crippen molar-refractivity contribution in [3.63, 3.8) is 0 Å². The molecule has 3 N–H and O–H groups in total. The molecule has 0 bridgehead atoms. The lowest BCUT2D eigenvalue weighted by Gasteiger charge is -2.16. The van der Waals surface area contributed by atoms with Gasteiger partial charge >= 0.3 is 0 Å². The summed E-state index contributed by atoms with van der Waals surface area (Å²) in [5, 5.41) is 10.5. The molecule has 1 saturated heterocycles. The van der Waals surface area contributed by atoms with Crippen LogP contribution < -0.4 is 10.6 Å². The zero-order valence-corrected chi connectivity index (χ0v) is 13.5. The molecule has 0 saturated carbocycles. The maximum atomic E-state index is 12.6. The van der Waals surface area contributed by atoms with Gasteiger partial charge in [-0.25, -0.2) is 4.98 Å². The first-order chi connectivity index (χ1) is 11.7. The number of aryl methyl sites for hydroxylation is 1. The molecule has 24 heavy (non-hydrogen) atoms. The number of para-hydroxylation sites is 2. The smallest absolute Gasteiger partial charge is 0.225 e. The van der Waals surface area contributed by atoms with E-state index < -0.39 is 0 Å². The van der Waals surface area contributed by atoms with Crippen molar-refractivity contribution in [3.05, 3.63) is 48.0 Å². The van der Waals surface area contributed by atoms with Gasteiger partial charge in [0.15, 0.2) is 0 Å². The molecule has 1 aromatic carbocycles. The molecule has 7 heteroatoms. The summed E-state index contributed by atoms with van der Waals surface area (Å²) in [7, 11) is 1.89. The number of H-pyrrole nitrogens is 1. The van der Waals surface area contributed by atoms with E-state index in [2.05, 4.69) is 25.7 Å². The van der Waals surface area contributed by atoms with Crippen molar-refractivity contribution in [2.75, 3.05) is 13.1 Å². The number of nitrogens with one attached hydrogen (secondary N) is 3. The lowest BCUT2D eigenvalue weighted by atomic mass is 9.90. The number of hydrogen-bond acceptors (Lipinski definition) is 4. The van der Waals surface area contributed by atoms with Crippen molar-refractivity contribution in [2.45, 2.75) is 12.5 Å². The van der Waals surface area contributed by atoms with Gasteiger partial charge in [0.05, 0.1) is 29.7 Å². The summed E-state index contributed by atoms with van der Waals surface area (Å²) < 4.78 is 1.77. The van der Waals surface area contributed by atoms with Crippen molar-refractivity contribution in [1.82, 2.24) is 30.4 Å². The average molecular weight is 324 g/mol. The van der Waals surface area contributed by atoms with E-state index in [-0.39, 0.29) is 17.7 Å². The second-order valence-corrected chi connectivity index (χ2v) is 6.24. The minimum Gasteiger partial charge on any atom is -0.349 e.